The van der Waals surface area contributed by atoms with E-state index in [9.17, 15) is 0 Å². The Morgan fingerprint density at radius 1 is 0.682 bits per heavy atom. The Kier molecular flexibility index (Phi) is 4.21. The molecule has 112 valence electrons. The predicted molar refractivity (Wildman–Crippen MR) is 94.3 cm³/mol. The van der Waals surface area contributed by atoms with Crippen molar-refractivity contribution in [2.24, 2.45) is 0 Å². The quantitative estimate of drug-likeness (QED) is 0.498. The van der Waals surface area contributed by atoms with Crippen molar-refractivity contribution in [3.05, 3.63) is 78.9 Å². The molecule has 0 bridgehead atoms. The zero-order valence-electron chi connectivity index (χ0n) is 12.0. The number of nitrogens with two attached hydrogens (primary N) is 2. The van der Waals surface area contributed by atoms with Gasteiger partial charge in [0.15, 0.2) is 5.75 Å². The van der Waals surface area contributed by atoms with Crippen molar-refractivity contribution in [1.29, 1.82) is 0 Å². The van der Waals surface area contributed by atoms with Crippen molar-refractivity contribution in [3.63, 3.8) is 0 Å². The average molecular weight is 310 g/mol. The van der Waals surface area contributed by atoms with Crippen LogP contribution in [0, 0.1) is 0 Å². The Hall–Kier alpha value is -2.59. The van der Waals surface area contributed by atoms with Gasteiger partial charge in [0.2, 0.25) is 0 Å². The zero-order chi connectivity index (χ0) is 15.4. The van der Waals surface area contributed by atoms with Crippen LogP contribution in [0.15, 0.2) is 88.7 Å². The molecule has 0 saturated carbocycles. The van der Waals surface area contributed by atoms with Gasteiger partial charge < -0.3 is 15.7 Å². The highest BCUT2D eigenvalue weighted by atomic mass is 32.2. The molecule has 4 heteroatoms. The Morgan fingerprint density at radius 3 is 1.73 bits per heavy atom. The fourth-order valence-electron chi connectivity index (χ4n) is 2.13. The highest BCUT2D eigenvalue weighted by Gasteiger charge is 2.13. The predicted octanol–water partition coefficient (Wildman–Crippen LogP) is 4.26. The molecule has 3 rings (SSSR count). The Morgan fingerprint density at radius 2 is 1.23 bits per heavy atom. The Bertz CT molecular complexity index is 708. The van der Waals surface area contributed by atoms with Gasteiger partial charge in [0.1, 0.15) is 0 Å². The molecule has 4 N–H and O–H groups in total. The summed E-state index contributed by atoms with van der Waals surface area (Å²) in [6.07, 6.45) is 0. The van der Waals surface area contributed by atoms with Crippen LogP contribution in [0.2, 0.25) is 0 Å². The lowest BCUT2D eigenvalue weighted by atomic mass is 10.3. The number of benzene rings is 3. The second kappa shape index (κ2) is 6.45. The van der Waals surface area contributed by atoms with Gasteiger partial charge >= 0.3 is 0 Å². The molecule has 3 aromatic carbocycles. The summed E-state index contributed by atoms with van der Waals surface area (Å²) in [5, 5.41) is 0. The topological polar surface area (TPSA) is 61.3 Å². The van der Waals surface area contributed by atoms with E-state index >= 15 is 0 Å². The van der Waals surface area contributed by atoms with E-state index in [1.54, 1.807) is 12.1 Å². The van der Waals surface area contributed by atoms with Crippen molar-refractivity contribution in [1.82, 2.24) is 0 Å². The van der Waals surface area contributed by atoms with Crippen LogP contribution in [-0.2, 0) is 0 Å². The molecule has 0 heterocycles. The molecule has 0 aliphatic rings. The van der Waals surface area contributed by atoms with Crippen molar-refractivity contribution in [2.45, 2.75) is 9.79 Å². The third-order valence-corrected chi connectivity index (χ3v) is 5.12. The minimum atomic E-state index is -0.974. The van der Waals surface area contributed by atoms with Crippen LogP contribution >= 0.6 is 11.2 Å². The van der Waals surface area contributed by atoms with E-state index in [0.717, 1.165) is 9.79 Å². The van der Waals surface area contributed by atoms with Crippen molar-refractivity contribution >= 4 is 22.6 Å². The summed E-state index contributed by atoms with van der Waals surface area (Å²) in [6, 6.07) is 25.7. The van der Waals surface area contributed by atoms with Crippen molar-refractivity contribution in [3.8, 4) is 5.75 Å². The highest BCUT2D eigenvalue weighted by molar-refractivity contribution is 8.13. The zero-order valence-corrected chi connectivity index (χ0v) is 12.9. The van der Waals surface area contributed by atoms with Gasteiger partial charge in [-0.3, -0.25) is 0 Å². The van der Waals surface area contributed by atoms with E-state index in [1.165, 1.54) is 0 Å². The maximum atomic E-state index is 6.26. The van der Waals surface area contributed by atoms with E-state index in [0.29, 0.717) is 17.1 Å². The molecule has 0 spiro atoms. The number of thiol groups is 1. The lowest BCUT2D eigenvalue weighted by Crippen LogP contribution is -1.99. The van der Waals surface area contributed by atoms with Gasteiger partial charge in [0.25, 0.3) is 0 Å². The minimum Gasteiger partial charge on any atom is -0.441 e. The van der Waals surface area contributed by atoms with E-state index in [4.69, 9.17) is 15.7 Å². The van der Waals surface area contributed by atoms with Gasteiger partial charge in [-0.2, -0.15) is 0 Å². The normalized spacial score (nSPS) is 11.0. The number of nitrogen functional groups attached to an aromatic ring is 2. The summed E-state index contributed by atoms with van der Waals surface area (Å²) in [6.45, 7) is 0. The van der Waals surface area contributed by atoms with E-state index in [2.05, 4.69) is 24.3 Å². The summed E-state index contributed by atoms with van der Waals surface area (Å²) in [7, 11) is 0. The highest BCUT2D eigenvalue weighted by Crippen LogP contribution is 2.46. The molecule has 22 heavy (non-hydrogen) atoms. The van der Waals surface area contributed by atoms with E-state index < -0.39 is 11.2 Å². The van der Waals surface area contributed by atoms with Crippen LogP contribution in [0.5, 0.6) is 5.75 Å². The number of hydrogen-bond donors (Lipinski definition) is 3. The van der Waals surface area contributed by atoms with Crippen LogP contribution in [0.3, 0.4) is 0 Å². The maximum Gasteiger partial charge on any atom is 0.158 e. The molecule has 0 saturated heterocycles. The van der Waals surface area contributed by atoms with Crippen molar-refractivity contribution < 1.29 is 4.18 Å². The molecular formula is C18H18N2OS. The lowest BCUT2D eigenvalue weighted by Gasteiger charge is -2.24. The molecule has 3 nitrogen and oxygen atoms in total. The summed E-state index contributed by atoms with van der Waals surface area (Å²) >= 11 is -0.974. The second-order valence-electron chi connectivity index (χ2n) is 4.85. The summed E-state index contributed by atoms with van der Waals surface area (Å²) < 4.78 is 6.26. The van der Waals surface area contributed by atoms with Crippen LogP contribution in [0.25, 0.3) is 0 Å². The molecule has 0 fully saturated rings. The molecule has 0 amide bonds. The van der Waals surface area contributed by atoms with Gasteiger partial charge in [-0.1, -0.05) is 36.4 Å². The van der Waals surface area contributed by atoms with Crippen LogP contribution in [0.4, 0.5) is 11.4 Å². The molecule has 0 aromatic heterocycles. The van der Waals surface area contributed by atoms with Gasteiger partial charge in [-0.05, 0) is 53.6 Å². The second-order valence-corrected chi connectivity index (χ2v) is 6.66. The third-order valence-electron chi connectivity index (χ3n) is 3.20. The first-order chi connectivity index (χ1) is 10.7. The first-order valence-corrected chi connectivity index (χ1v) is 8.23. The number of rotatable bonds is 4. The van der Waals surface area contributed by atoms with E-state index in [1.807, 2.05) is 42.5 Å². The molecule has 0 aliphatic heterocycles. The molecule has 0 unspecified atom stereocenters. The first kappa shape index (κ1) is 14.4. The fourth-order valence-corrected chi connectivity index (χ4v) is 3.89. The SMILES string of the molecule is Nc1ccc(O[SH](c2ccccc2)c2ccccc2)c(N)c1. The Balaban J connectivity index is 1.99. The summed E-state index contributed by atoms with van der Waals surface area (Å²) in [4.78, 5) is 2.28. The van der Waals surface area contributed by atoms with Gasteiger partial charge in [-0.25, -0.2) is 0 Å². The van der Waals surface area contributed by atoms with Crippen LogP contribution < -0.4 is 15.7 Å². The van der Waals surface area contributed by atoms with E-state index in [-0.39, 0.29) is 0 Å². The maximum absolute atomic E-state index is 6.26. The van der Waals surface area contributed by atoms with Gasteiger partial charge in [-0.15, -0.1) is 0 Å². The average Bonchev–Trinajstić information content (AvgIpc) is 2.56. The van der Waals surface area contributed by atoms with Gasteiger partial charge in [0, 0.05) is 15.5 Å². The summed E-state index contributed by atoms with van der Waals surface area (Å²) in [5.74, 6) is 0.660. The lowest BCUT2D eigenvalue weighted by molar-refractivity contribution is 0.634. The molecule has 3 aromatic rings. The largest absolute Gasteiger partial charge is 0.441 e. The molecule has 0 radical (unpaired) electrons. The monoisotopic (exact) mass is 310 g/mol. The fraction of sp³-hybridized carbons (Fsp3) is 0. The summed E-state index contributed by atoms with van der Waals surface area (Å²) in [5.41, 5.74) is 13.0. The number of hydrogen-bond acceptors (Lipinski definition) is 3. The number of anilines is 2. The third kappa shape index (κ3) is 3.18. The van der Waals surface area contributed by atoms with Crippen LogP contribution in [-0.4, -0.2) is 0 Å². The Labute approximate surface area is 133 Å². The first-order valence-electron chi connectivity index (χ1n) is 6.97. The molecule has 0 atom stereocenters. The standard InChI is InChI=1S/C18H18N2OS/c19-14-11-12-18(17(20)13-14)21-22(15-7-3-1-4-8-15)16-9-5-2-6-10-16/h1-13,22H,19-20H2. The minimum absolute atomic E-state index is 0.555. The van der Waals surface area contributed by atoms with Crippen LogP contribution in [0.1, 0.15) is 0 Å². The van der Waals surface area contributed by atoms with Gasteiger partial charge in [0.05, 0.1) is 5.69 Å². The smallest absolute Gasteiger partial charge is 0.158 e. The molecule has 0 aliphatic carbocycles. The molecular weight excluding hydrogens is 292 g/mol. The van der Waals surface area contributed by atoms with Crippen molar-refractivity contribution in [2.75, 3.05) is 11.5 Å².